The zero-order valence-corrected chi connectivity index (χ0v) is 16.3. The third-order valence-corrected chi connectivity index (χ3v) is 4.63. The van der Waals surface area contributed by atoms with Crippen molar-refractivity contribution in [1.29, 1.82) is 0 Å². The third kappa shape index (κ3) is 7.00. The average molecular weight is 377 g/mol. The first kappa shape index (κ1) is 20.9. The van der Waals surface area contributed by atoms with E-state index in [1.165, 1.54) is 0 Å². The minimum Gasteiger partial charge on any atom is -0.493 e. The number of urea groups is 1. The van der Waals surface area contributed by atoms with E-state index in [9.17, 15) is 9.59 Å². The first-order valence-electron chi connectivity index (χ1n) is 9.69. The Hall–Kier alpha value is -2.44. The second-order valence-corrected chi connectivity index (χ2v) is 6.78. The minimum atomic E-state index is -0.176. The molecule has 7 heteroatoms. The maximum atomic E-state index is 12.2. The van der Waals surface area contributed by atoms with Gasteiger partial charge in [0, 0.05) is 26.2 Å². The van der Waals surface area contributed by atoms with Gasteiger partial charge in [-0.2, -0.15) is 0 Å². The Morgan fingerprint density at radius 2 is 2.00 bits per heavy atom. The standard InChI is InChI=1S/C20H31N3O4/c1-3-4-11-21-20(25)23-12-7-8-16(14-23)13-22-19(24)15-27-18-10-6-5-9-17(18)26-2/h5-6,9-10,16H,3-4,7-8,11-15H2,1-2H3,(H,21,25)(H,22,24). The molecule has 0 saturated carbocycles. The monoisotopic (exact) mass is 377 g/mol. The van der Waals surface area contributed by atoms with E-state index in [0.29, 0.717) is 31.1 Å². The first-order chi connectivity index (χ1) is 13.1. The predicted octanol–water partition coefficient (Wildman–Crippen LogP) is 2.41. The number of likely N-dealkylation sites (tertiary alicyclic amines) is 1. The molecule has 1 aliphatic rings. The summed E-state index contributed by atoms with van der Waals surface area (Å²) in [5.74, 6) is 1.24. The van der Waals surface area contributed by atoms with Crippen LogP contribution in [0.1, 0.15) is 32.6 Å². The number of piperidine rings is 1. The van der Waals surface area contributed by atoms with Crippen molar-refractivity contribution in [2.75, 3.05) is 39.9 Å². The molecule has 0 aliphatic carbocycles. The molecule has 0 bridgehead atoms. The zero-order valence-electron chi connectivity index (χ0n) is 16.3. The van der Waals surface area contributed by atoms with Crippen LogP contribution in [0.2, 0.25) is 0 Å². The van der Waals surface area contributed by atoms with Crippen LogP contribution >= 0.6 is 0 Å². The van der Waals surface area contributed by atoms with Gasteiger partial charge in [-0.3, -0.25) is 4.79 Å². The number of unbranched alkanes of at least 4 members (excludes halogenated alkanes) is 1. The van der Waals surface area contributed by atoms with Crippen LogP contribution < -0.4 is 20.1 Å². The fraction of sp³-hybridized carbons (Fsp3) is 0.600. The van der Waals surface area contributed by atoms with Crippen molar-refractivity contribution in [3.05, 3.63) is 24.3 Å². The number of hydrogen-bond acceptors (Lipinski definition) is 4. The van der Waals surface area contributed by atoms with Crippen LogP contribution in [0.5, 0.6) is 11.5 Å². The maximum Gasteiger partial charge on any atom is 0.317 e. The number of rotatable bonds is 9. The molecular weight excluding hydrogens is 346 g/mol. The molecule has 0 aromatic heterocycles. The molecule has 1 aromatic rings. The molecule has 3 amide bonds. The Morgan fingerprint density at radius 1 is 1.22 bits per heavy atom. The molecule has 2 N–H and O–H groups in total. The van der Waals surface area contributed by atoms with Crippen molar-refractivity contribution in [3.8, 4) is 11.5 Å². The summed E-state index contributed by atoms with van der Waals surface area (Å²) < 4.78 is 10.7. The second-order valence-electron chi connectivity index (χ2n) is 6.78. The molecule has 1 fully saturated rings. The van der Waals surface area contributed by atoms with Crippen molar-refractivity contribution in [2.45, 2.75) is 32.6 Å². The van der Waals surface area contributed by atoms with E-state index in [1.807, 2.05) is 17.0 Å². The SMILES string of the molecule is CCCCNC(=O)N1CCCC(CNC(=O)COc2ccccc2OC)C1. The normalized spacial score (nSPS) is 16.5. The highest BCUT2D eigenvalue weighted by molar-refractivity contribution is 5.77. The fourth-order valence-electron chi connectivity index (χ4n) is 3.09. The molecular formula is C20H31N3O4. The van der Waals surface area contributed by atoms with Gasteiger partial charge in [-0.05, 0) is 37.3 Å². The summed E-state index contributed by atoms with van der Waals surface area (Å²) in [5.41, 5.74) is 0. The summed E-state index contributed by atoms with van der Waals surface area (Å²) in [4.78, 5) is 26.1. The Bertz CT molecular complexity index is 609. The highest BCUT2D eigenvalue weighted by Gasteiger charge is 2.23. The number of carbonyl (C=O) groups excluding carboxylic acids is 2. The largest absolute Gasteiger partial charge is 0.493 e. The molecule has 7 nitrogen and oxygen atoms in total. The molecule has 1 aromatic carbocycles. The number of nitrogens with one attached hydrogen (secondary N) is 2. The molecule has 1 unspecified atom stereocenters. The number of nitrogens with zero attached hydrogens (tertiary/aromatic N) is 1. The van der Waals surface area contributed by atoms with E-state index in [0.717, 1.165) is 32.2 Å². The van der Waals surface area contributed by atoms with Gasteiger partial charge >= 0.3 is 6.03 Å². The average Bonchev–Trinajstić information content (AvgIpc) is 2.71. The smallest absolute Gasteiger partial charge is 0.317 e. The number of ether oxygens (including phenoxy) is 2. The summed E-state index contributed by atoms with van der Waals surface area (Å²) in [5, 5.41) is 5.86. The van der Waals surface area contributed by atoms with Gasteiger partial charge in [-0.1, -0.05) is 25.5 Å². The molecule has 1 saturated heterocycles. The summed E-state index contributed by atoms with van der Waals surface area (Å²) in [7, 11) is 1.56. The van der Waals surface area contributed by atoms with Crippen LogP contribution in [0.4, 0.5) is 4.79 Å². The number of benzene rings is 1. The summed E-state index contributed by atoms with van der Waals surface area (Å²) >= 11 is 0. The van der Waals surface area contributed by atoms with Crippen LogP contribution in [0.15, 0.2) is 24.3 Å². The molecule has 0 radical (unpaired) electrons. The van der Waals surface area contributed by atoms with Gasteiger partial charge in [-0.15, -0.1) is 0 Å². The van der Waals surface area contributed by atoms with Gasteiger partial charge in [0.1, 0.15) is 0 Å². The molecule has 0 spiro atoms. The van der Waals surface area contributed by atoms with Crippen molar-refractivity contribution in [3.63, 3.8) is 0 Å². The molecule has 150 valence electrons. The van der Waals surface area contributed by atoms with E-state index in [1.54, 1.807) is 19.2 Å². The zero-order chi connectivity index (χ0) is 19.5. The van der Waals surface area contributed by atoms with Crippen LogP contribution in [0.25, 0.3) is 0 Å². The number of amides is 3. The number of hydrogen-bond donors (Lipinski definition) is 2. The maximum absolute atomic E-state index is 12.2. The van der Waals surface area contributed by atoms with Crippen LogP contribution in [-0.4, -0.2) is 56.7 Å². The third-order valence-electron chi connectivity index (χ3n) is 4.63. The van der Waals surface area contributed by atoms with E-state index >= 15 is 0 Å². The van der Waals surface area contributed by atoms with Crippen molar-refractivity contribution < 1.29 is 19.1 Å². The Morgan fingerprint density at radius 3 is 2.74 bits per heavy atom. The summed E-state index contributed by atoms with van der Waals surface area (Å²) in [6.45, 7) is 4.75. The Balaban J connectivity index is 1.70. The van der Waals surface area contributed by atoms with E-state index in [4.69, 9.17) is 9.47 Å². The number of methoxy groups -OCH3 is 1. The van der Waals surface area contributed by atoms with E-state index in [-0.39, 0.29) is 24.5 Å². The van der Waals surface area contributed by atoms with Crippen LogP contribution in [-0.2, 0) is 4.79 Å². The molecule has 1 aliphatic heterocycles. The minimum absolute atomic E-state index is 0.000942. The summed E-state index contributed by atoms with van der Waals surface area (Å²) in [6.07, 6.45) is 4.02. The van der Waals surface area contributed by atoms with E-state index in [2.05, 4.69) is 17.6 Å². The Labute approximate surface area is 161 Å². The lowest BCUT2D eigenvalue weighted by atomic mass is 9.98. The van der Waals surface area contributed by atoms with Gasteiger partial charge in [-0.25, -0.2) is 4.79 Å². The number of para-hydroxylation sites is 2. The quantitative estimate of drug-likeness (QED) is 0.648. The summed E-state index contributed by atoms with van der Waals surface area (Å²) in [6, 6.07) is 7.23. The topological polar surface area (TPSA) is 79.9 Å². The van der Waals surface area contributed by atoms with Gasteiger partial charge in [0.15, 0.2) is 18.1 Å². The molecule has 27 heavy (non-hydrogen) atoms. The lowest BCUT2D eigenvalue weighted by molar-refractivity contribution is -0.123. The van der Waals surface area contributed by atoms with Gasteiger partial charge in [0.05, 0.1) is 7.11 Å². The number of carbonyl (C=O) groups is 2. The van der Waals surface area contributed by atoms with Gasteiger partial charge < -0.3 is 25.0 Å². The molecule has 1 atom stereocenters. The van der Waals surface area contributed by atoms with Crippen molar-refractivity contribution in [1.82, 2.24) is 15.5 Å². The first-order valence-corrected chi connectivity index (χ1v) is 9.69. The highest BCUT2D eigenvalue weighted by atomic mass is 16.5. The lowest BCUT2D eigenvalue weighted by Gasteiger charge is -2.32. The van der Waals surface area contributed by atoms with Crippen molar-refractivity contribution >= 4 is 11.9 Å². The molecule has 1 heterocycles. The van der Waals surface area contributed by atoms with Gasteiger partial charge in [0.25, 0.3) is 5.91 Å². The van der Waals surface area contributed by atoms with Crippen LogP contribution in [0, 0.1) is 5.92 Å². The van der Waals surface area contributed by atoms with Gasteiger partial charge in [0.2, 0.25) is 0 Å². The molecule has 2 rings (SSSR count). The van der Waals surface area contributed by atoms with Crippen LogP contribution in [0.3, 0.4) is 0 Å². The lowest BCUT2D eigenvalue weighted by Crippen LogP contribution is -2.48. The Kier molecular flexibility index (Phi) is 8.74. The highest BCUT2D eigenvalue weighted by Crippen LogP contribution is 2.25. The second kappa shape index (κ2) is 11.3. The fourth-order valence-corrected chi connectivity index (χ4v) is 3.09. The van der Waals surface area contributed by atoms with Crippen molar-refractivity contribution in [2.24, 2.45) is 5.92 Å². The van der Waals surface area contributed by atoms with E-state index < -0.39 is 0 Å². The predicted molar refractivity (Wildman–Crippen MR) is 104 cm³/mol.